The summed E-state index contributed by atoms with van der Waals surface area (Å²) in [5.74, 6) is 0. The largest absolute Gasteiger partial charge is 0.309 e. The molecule has 8 aromatic carbocycles. The lowest BCUT2D eigenvalue weighted by molar-refractivity contribution is 0.656. The second kappa shape index (κ2) is 11.9. The second-order valence-corrected chi connectivity index (χ2v) is 16.5. The van der Waals surface area contributed by atoms with E-state index in [1.54, 1.807) is 0 Å². The minimum Gasteiger partial charge on any atom is -0.309 e. The topological polar surface area (TPSA) is 8.17 Å². The van der Waals surface area contributed by atoms with Crippen LogP contribution < -0.4 is 4.90 Å². The number of aromatic nitrogens is 1. The number of benzene rings is 8. The first-order valence-corrected chi connectivity index (χ1v) is 19.8. The maximum absolute atomic E-state index is 2.60. The highest BCUT2D eigenvalue weighted by Gasteiger charge is 2.42. The minimum absolute atomic E-state index is 0.204. The summed E-state index contributed by atoms with van der Waals surface area (Å²) < 4.78 is 2.40. The Bertz CT molecular complexity index is 2930. The summed E-state index contributed by atoms with van der Waals surface area (Å²) in [5.41, 5.74) is 19.9. The standard InChI is InChI=1S/C54H42N2/c1-53(2)44-26-12-8-21-38(44)41-24-16-30-49(51(41)53)56(50-31-17-25-42-39-22-9-13-27-45(39)54(3,4)52(42)50)46-28-14-10-20-37(46)35-32-33-48-43(34-35)40-23-11-15-29-47(40)55(48)36-18-6-5-7-19-36/h5-34H,1-4H3. The zero-order valence-electron chi connectivity index (χ0n) is 32.2. The molecule has 0 amide bonds. The van der Waals surface area contributed by atoms with E-state index < -0.39 is 0 Å². The highest BCUT2D eigenvalue weighted by Crippen LogP contribution is 2.58. The lowest BCUT2D eigenvalue weighted by Crippen LogP contribution is -2.24. The average Bonchev–Trinajstić information content (AvgIpc) is 3.79. The molecular formula is C54H42N2. The quantitative estimate of drug-likeness (QED) is 0.172. The molecule has 0 saturated carbocycles. The van der Waals surface area contributed by atoms with Crippen LogP contribution in [-0.4, -0.2) is 4.57 Å². The monoisotopic (exact) mass is 718 g/mol. The highest BCUT2D eigenvalue weighted by atomic mass is 15.2. The van der Waals surface area contributed by atoms with E-state index in [9.17, 15) is 0 Å². The summed E-state index contributed by atoms with van der Waals surface area (Å²) in [6, 6.07) is 67.5. The van der Waals surface area contributed by atoms with Gasteiger partial charge in [-0.15, -0.1) is 0 Å². The van der Waals surface area contributed by atoms with Crippen LogP contribution >= 0.6 is 0 Å². The number of para-hydroxylation sites is 3. The van der Waals surface area contributed by atoms with Crippen molar-refractivity contribution in [1.82, 2.24) is 4.57 Å². The molecule has 9 aromatic rings. The Morgan fingerprint density at radius 2 is 0.857 bits per heavy atom. The molecule has 11 rings (SSSR count). The van der Waals surface area contributed by atoms with E-state index in [1.807, 2.05) is 0 Å². The Morgan fingerprint density at radius 3 is 1.50 bits per heavy atom. The predicted molar refractivity (Wildman–Crippen MR) is 236 cm³/mol. The summed E-state index contributed by atoms with van der Waals surface area (Å²) in [7, 11) is 0. The fraction of sp³-hybridized carbons (Fsp3) is 0.111. The zero-order valence-corrected chi connectivity index (χ0v) is 32.2. The van der Waals surface area contributed by atoms with Crippen molar-refractivity contribution in [2.24, 2.45) is 0 Å². The maximum Gasteiger partial charge on any atom is 0.0541 e. The van der Waals surface area contributed by atoms with Gasteiger partial charge in [0.05, 0.1) is 28.1 Å². The Morgan fingerprint density at radius 1 is 0.375 bits per heavy atom. The van der Waals surface area contributed by atoms with Crippen LogP contribution in [0.15, 0.2) is 182 Å². The molecule has 2 aliphatic carbocycles. The second-order valence-electron chi connectivity index (χ2n) is 16.5. The van der Waals surface area contributed by atoms with E-state index in [4.69, 9.17) is 0 Å². The normalized spacial score (nSPS) is 14.4. The smallest absolute Gasteiger partial charge is 0.0541 e. The molecule has 268 valence electrons. The predicted octanol–water partition coefficient (Wildman–Crippen LogP) is 14.5. The molecule has 0 unspecified atom stereocenters. The van der Waals surface area contributed by atoms with E-state index in [1.165, 1.54) is 100 Å². The molecule has 2 nitrogen and oxygen atoms in total. The van der Waals surface area contributed by atoms with Gasteiger partial charge in [0.2, 0.25) is 0 Å². The lowest BCUT2D eigenvalue weighted by atomic mass is 9.79. The minimum atomic E-state index is -0.204. The molecule has 2 aliphatic rings. The van der Waals surface area contributed by atoms with E-state index in [0.29, 0.717) is 0 Å². The summed E-state index contributed by atoms with van der Waals surface area (Å²) in [6.45, 7) is 9.60. The van der Waals surface area contributed by atoms with Gasteiger partial charge in [0, 0.05) is 32.9 Å². The van der Waals surface area contributed by atoms with Crippen molar-refractivity contribution in [2.45, 2.75) is 38.5 Å². The van der Waals surface area contributed by atoms with E-state index in [0.717, 1.165) is 0 Å². The molecule has 0 spiro atoms. The van der Waals surface area contributed by atoms with Crippen molar-refractivity contribution < 1.29 is 0 Å². The molecule has 56 heavy (non-hydrogen) atoms. The summed E-state index contributed by atoms with van der Waals surface area (Å²) in [5, 5.41) is 2.50. The number of hydrogen-bond acceptors (Lipinski definition) is 1. The van der Waals surface area contributed by atoms with E-state index >= 15 is 0 Å². The third-order valence-electron chi connectivity index (χ3n) is 12.7. The van der Waals surface area contributed by atoms with E-state index in [2.05, 4.69) is 219 Å². The molecule has 0 bridgehead atoms. The van der Waals surface area contributed by atoms with Gasteiger partial charge in [-0.25, -0.2) is 0 Å². The van der Waals surface area contributed by atoms with Crippen LogP contribution in [0.5, 0.6) is 0 Å². The van der Waals surface area contributed by atoms with Gasteiger partial charge in [0.1, 0.15) is 0 Å². The fourth-order valence-electron chi connectivity index (χ4n) is 10.3. The molecule has 0 fully saturated rings. The number of rotatable bonds is 5. The average molecular weight is 719 g/mol. The number of anilines is 3. The SMILES string of the molecule is CC1(C)c2ccccc2-c2cccc(N(c3ccccc3-c3ccc4c(c3)c3ccccc3n4-c3ccccc3)c3cccc4c3C(C)(C)c3ccccc3-4)c21. The van der Waals surface area contributed by atoms with Crippen LogP contribution in [-0.2, 0) is 10.8 Å². The van der Waals surface area contributed by atoms with Crippen LogP contribution in [0.2, 0.25) is 0 Å². The molecule has 2 heteroatoms. The summed E-state index contributed by atoms with van der Waals surface area (Å²) >= 11 is 0. The van der Waals surface area contributed by atoms with Crippen molar-refractivity contribution in [3.8, 4) is 39.1 Å². The fourth-order valence-corrected chi connectivity index (χ4v) is 10.3. The Labute approximate surface area is 328 Å². The van der Waals surface area contributed by atoms with Crippen LogP contribution in [0.3, 0.4) is 0 Å². The van der Waals surface area contributed by atoms with Gasteiger partial charge in [-0.1, -0.05) is 161 Å². The Hall–Kier alpha value is -6.64. The molecule has 0 atom stereocenters. The number of fused-ring (bicyclic) bond motifs is 9. The van der Waals surface area contributed by atoms with Crippen LogP contribution in [0, 0.1) is 0 Å². The van der Waals surface area contributed by atoms with Gasteiger partial charge in [0.25, 0.3) is 0 Å². The summed E-state index contributed by atoms with van der Waals surface area (Å²) in [6.07, 6.45) is 0. The van der Waals surface area contributed by atoms with Gasteiger partial charge in [-0.2, -0.15) is 0 Å². The van der Waals surface area contributed by atoms with Crippen LogP contribution in [0.4, 0.5) is 17.1 Å². The van der Waals surface area contributed by atoms with Gasteiger partial charge < -0.3 is 9.47 Å². The first kappa shape index (κ1) is 32.8. The molecule has 0 aliphatic heterocycles. The molecule has 1 aromatic heterocycles. The maximum atomic E-state index is 2.60. The van der Waals surface area contributed by atoms with Crippen LogP contribution in [0.25, 0.3) is 60.9 Å². The van der Waals surface area contributed by atoms with Gasteiger partial charge >= 0.3 is 0 Å². The molecule has 1 heterocycles. The molecule has 0 N–H and O–H groups in total. The van der Waals surface area contributed by atoms with Gasteiger partial charge in [0.15, 0.2) is 0 Å². The van der Waals surface area contributed by atoms with Crippen LogP contribution in [0.1, 0.15) is 49.9 Å². The van der Waals surface area contributed by atoms with Crippen molar-refractivity contribution in [2.75, 3.05) is 4.90 Å². The zero-order chi connectivity index (χ0) is 37.8. The third-order valence-corrected chi connectivity index (χ3v) is 12.7. The number of hydrogen-bond donors (Lipinski definition) is 0. The molecular weight excluding hydrogens is 677 g/mol. The molecule has 0 saturated heterocycles. The van der Waals surface area contributed by atoms with Crippen molar-refractivity contribution >= 4 is 38.9 Å². The Balaban J connectivity index is 1.20. The van der Waals surface area contributed by atoms with E-state index in [-0.39, 0.29) is 10.8 Å². The van der Waals surface area contributed by atoms with Crippen molar-refractivity contribution in [3.63, 3.8) is 0 Å². The number of nitrogens with zero attached hydrogens (tertiary/aromatic N) is 2. The summed E-state index contributed by atoms with van der Waals surface area (Å²) in [4.78, 5) is 2.60. The molecule has 0 radical (unpaired) electrons. The Kier molecular flexibility index (Phi) is 6.98. The first-order valence-electron chi connectivity index (χ1n) is 19.8. The van der Waals surface area contributed by atoms with Gasteiger partial charge in [-0.05, 0) is 98.6 Å². The van der Waals surface area contributed by atoms with Crippen molar-refractivity contribution in [1.29, 1.82) is 0 Å². The highest BCUT2D eigenvalue weighted by molar-refractivity contribution is 6.11. The van der Waals surface area contributed by atoms with Gasteiger partial charge in [-0.3, -0.25) is 0 Å². The lowest BCUT2D eigenvalue weighted by Gasteiger charge is -2.36. The third kappa shape index (κ3) is 4.50. The van der Waals surface area contributed by atoms with Crippen molar-refractivity contribution in [3.05, 3.63) is 204 Å². The first-order chi connectivity index (χ1) is 27.3.